The molecule has 2 saturated heterocycles. The number of fused-ring (bicyclic) bond motifs is 1. The van der Waals surface area contributed by atoms with E-state index in [-0.39, 0.29) is 33.9 Å². The Kier molecular flexibility index (Phi) is 7.08. The van der Waals surface area contributed by atoms with Gasteiger partial charge in [0.2, 0.25) is 11.4 Å². The normalized spacial score (nSPS) is 39.1. The maximum Gasteiger partial charge on any atom is 0.373 e. The second kappa shape index (κ2) is 8.26. The van der Waals surface area contributed by atoms with Gasteiger partial charge in [-0.05, 0) is 25.7 Å². The van der Waals surface area contributed by atoms with E-state index in [9.17, 15) is 30.0 Å². The molecule has 0 unspecified atom stereocenters. The monoisotopic (exact) mass is 627 g/mol. The van der Waals surface area contributed by atoms with Crippen molar-refractivity contribution in [3.8, 4) is 0 Å². The minimum atomic E-state index is -2.30. The van der Waals surface area contributed by atoms with Gasteiger partial charge in [0.05, 0.1) is 13.2 Å². The molecule has 3 fully saturated rings. The van der Waals surface area contributed by atoms with Gasteiger partial charge in [0.25, 0.3) is 0 Å². The predicted molar refractivity (Wildman–Crippen MR) is 100 cm³/mol. The Morgan fingerprint density at radius 3 is 1.42 bits per heavy atom. The molecule has 4 atom stereocenters. The maximum absolute atomic E-state index is 12.5. The van der Waals surface area contributed by atoms with Gasteiger partial charge in [0.1, 0.15) is 11.3 Å². The van der Waals surface area contributed by atoms with Crippen molar-refractivity contribution in [2.75, 3.05) is 13.2 Å². The van der Waals surface area contributed by atoms with Crippen LogP contribution < -0.4 is 21.6 Å². The summed E-state index contributed by atoms with van der Waals surface area (Å²) in [6.45, 7) is 4.88. The molecule has 0 bridgehead atoms. The van der Waals surface area contributed by atoms with E-state index < -0.39 is 58.8 Å². The fourth-order valence-corrected chi connectivity index (χ4v) is 4.13. The van der Waals surface area contributed by atoms with Gasteiger partial charge in [-0.2, -0.15) is 0 Å². The fraction of sp³-hybridized carbons (Fsp3) is 0.889. The minimum Gasteiger partial charge on any atom is -0.396 e. The first-order valence-corrected chi connectivity index (χ1v) is 9.97. The van der Waals surface area contributed by atoms with Crippen LogP contribution in [0.5, 0.6) is 0 Å². The van der Waals surface area contributed by atoms with Gasteiger partial charge >= 0.3 is 11.9 Å². The standard InChI is InChI=1S/C18H32N4O8.Pt/c1-13(2,9-23)17(27)11(25)29-21-15(19-17)7-5-6-8-16(15)20-18(28,12(26)30-22-16)14(3,4)10-24;/h19-24,27-28H,5-10H2,1-4H3;/t15-,16-,17-,18-;/m1./s1. The molecular formula is C18H32N4O8Pt. The molecule has 2 spiro atoms. The van der Waals surface area contributed by atoms with Crippen LogP contribution in [0.3, 0.4) is 0 Å². The zero-order chi connectivity index (χ0) is 22.6. The Bertz CT molecular complexity index is 679. The van der Waals surface area contributed by atoms with Gasteiger partial charge in [-0.25, -0.2) is 9.59 Å². The Hall–Kier alpha value is -0.692. The molecule has 8 N–H and O–H groups in total. The first-order chi connectivity index (χ1) is 13.7. The largest absolute Gasteiger partial charge is 0.396 e. The minimum absolute atomic E-state index is 0. The maximum atomic E-state index is 12.5. The number of nitrogens with one attached hydrogen (secondary N) is 4. The Morgan fingerprint density at radius 2 is 1.13 bits per heavy atom. The quantitative estimate of drug-likeness (QED) is 0.167. The summed E-state index contributed by atoms with van der Waals surface area (Å²) < 4.78 is 0. The van der Waals surface area contributed by atoms with Crippen molar-refractivity contribution in [1.82, 2.24) is 21.6 Å². The van der Waals surface area contributed by atoms with E-state index >= 15 is 0 Å². The smallest absolute Gasteiger partial charge is 0.373 e. The van der Waals surface area contributed by atoms with Crippen molar-refractivity contribution in [2.45, 2.75) is 76.2 Å². The Labute approximate surface area is 194 Å². The third kappa shape index (κ3) is 3.66. The van der Waals surface area contributed by atoms with Crippen LogP contribution in [0.4, 0.5) is 0 Å². The van der Waals surface area contributed by atoms with Crippen LogP contribution in [0.2, 0.25) is 0 Å². The Morgan fingerprint density at radius 1 is 0.806 bits per heavy atom. The SMILES string of the molecule is CC(C)(CO)[C@@]1(O)N[C@]2(CCCC[C@@]23NOC(=O)[C@@](O)(C(C)(C)CO)N3)NOC1=O.[Pt]. The third-order valence-electron chi connectivity index (χ3n) is 6.85. The van der Waals surface area contributed by atoms with E-state index in [1.54, 1.807) is 0 Å². The summed E-state index contributed by atoms with van der Waals surface area (Å²) in [6.07, 6.45) is 1.87. The first-order valence-electron chi connectivity index (χ1n) is 9.97. The summed E-state index contributed by atoms with van der Waals surface area (Å²) in [5, 5.41) is 47.8. The van der Waals surface area contributed by atoms with Gasteiger partial charge in [0, 0.05) is 31.9 Å². The molecule has 0 aromatic heterocycles. The second-order valence-electron chi connectivity index (χ2n) is 9.76. The van der Waals surface area contributed by atoms with E-state index in [0.29, 0.717) is 12.8 Å². The number of carbonyl (C=O) groups is 2. The fourth-order valence-electron chi connectivity index (χ4n) is 4.13. The third-order valence-corrected chi connectivity index (χ3v) is 6.85. The van der Waals surface area contributed by atoms with Crippen molar-refractivity contribution >= 4 is 11.9 Å². The Balaban J connectivity index is 0.00000341. The van der Waals surface area contributed by atoms with Crippen LogP contribution in [0, 0.1) is 10.8 Å². The number of hydrogen-bond acceptors (Lipinski definition) is 12. The first kappa shape index (κ1) is 26.6. The van der Waals surface area contributed by atoms with E-state index in [1.165, 1.54) is 27.7 Å². The average molecular weight is 628 g/mol. The van der Waals surface area contributed by atoms with E-state index in [2.05, 4.69) is 21.6 Å². The van der Waals surface area contributed by atoms with Crippen LogP contribution in [0.15, 0.2) is 0 Å². The van der Waals surface area contributed by atoms with Gasteiger partial charge < -0.3 is 30.1 Å². The summed E-state index contributed by atoms with van der Waals surface area (Å²) in [7, 11) is 0. The van der Waals surface area contributed by atoms with Gasteiger partial charge in [-0.3, -0.25) is 10.6 Å². The average Bonchev–Trinajstić information content (AvgIpc) is 2.70. The van der Waals surface area contributed by atoms with Crippen LogP contribution >= 0.6 is 0 Å². The summed E-state index contributed by atoms with van der Waals surface area (Å²) >= 11 is 0. The van der Waals surface area contributed by atoms with Crippen LogP contribution in [0.25, 0.3) is 0 Å². The number of hydrogen-bond donors (Lipinski definition) is 8. The van der Waals surface area contributed by atoms with Crippen molar-refractivity contribution in [2.24, 2.45) is 10.8 Å². The summed E-state index contributed by atoms with van der Waals surface area (Å²) in [5.74, 6) is -2.07. The molecule has 182 valence electrons. The molecule has 31 heavy (non-hydrogen) atoms. The molecule has 12 nitrogen and oxygen atoms in total. The number of aliphatic hydroxyl groups excluding tert-OH is 2. The van der Waals surface area contributed by atoms with Gasteiger partial charge in [0.15, 0.2) is 0 Å². The van der Waals surface area contributed by atoms with Crippen molar-refractivity contribution in [3.63, 3.8) is 0 Å². The zero-order valence-corrected chi connectivity index (χ0v) is 20.3. The predicted octanol–water partition coefficient (Wildman–Crippen LogP) is -2.33. The van der Waals surface area contributed by atoms with E-state index in [1.807, 2.05) is 0 Å². The molecule has 1 saturated carbocycles. The van der Waals surface area contributed by atoms with Crippen LogP contribution in [-0.4, -0.2) is 68.4 Å². The number of hydroxylamine groups is 2. The molecule has 0 aromatic carbocycles. The molecule has 3 aliphatic rings. The zero-order valence-electron chi connectivity index (χ0n) is 18.0. The molecule has 2 heterocycles. The van der Waals surface area contributed by atoms with Crippen LogP contribution in [0.1, 0.15) is 53.4 Å². The topological polar surface area (TPSA) is 182 Å². The summed E-state index contributed by atoms with van der Waals surface area (Å²) in [6, 6.07) is 0. The van der Waals surface area contributed by atoms with E-state index in [4.69, 9.17) is 9.68 Å². The molecule has 0 aromatic rings. The van der Waals surface area contributed by atoms with Gasteiger partial charge in [-0.1, -0.05) is 27.7 Å². The molecule has 0 radical (unpaired) electrons. The number of carbonyl (C=O) groups excluding carboxylic acids is 2. The van der Waals surface area contributed by atoms with Crippen molar-refractivity contribution in [1.29, 1.82) is 0 Å². The molecule has 13 heteroatoms. The van der Waals surface area contributed by atoms with Crippen molar-refractivity contribution < 1.29 is 60.8 Å². The molecular weight excluding hydrogens is 595 g/mol. The summed E-state index contributed by atoms with van der Waals surface area (Å²) in [4.78, 5) is 35.3. The second-order valence-corrected chi connectivity index (χ2v) is 9.76. The van der Waals surface area contributed by atoms with Crippen LogP contribution in [-0.2, 0) is 40.3 Å². The molecule has 2 aliphatic heterocycles. The number of aliphatic hydroxyl groups is 4. The summed E-state index contributed by atoms with van der Waals surface area (Å²) in [5.41, 5.74) is -4.92. The molecule has 1 aliphatic carbocycles. The van der Waals surface area contributed by atoms with Crippen molar-refractivity contribution in [3.05, 3.63) is 0 Å². The number of rotatable bonds is 4. The van der Waals surface area contributed by atoms with Gasteiger partial charge in [-0.15, -0.1) is 11.0 Å². The van der Waals surface area contributed by atoms with E-state index in [0.717, 1.165) is 0 Å². The molecule has 3 rings (SSSR count). The molecule has 0 amide bonds.